The van der Waals surface area contributed by atoms with Gasteiger partial charge in [-0.1, -0.05) is 6.08 Å². The Labute approximate surface area is 131 Å². The van der Waals surface area contributed by atoms with Crippen LogP contribution in [0.3, 0.4) is 0 Å². The molecule has 1 amide bonds. The molecular formula is C16H16N4O3. The van der Waals surface area contributed by atoms with Crippen molar-refractivity contribution in [2.45, 2.75) is 20.4 Å². The summed E-state index contributed by atoms with van der Waals surface area (Å²) in [5.74, 6) is 0.771. The van der Waals surface area contributed by atoms with E-state index in [1.165, 1.54) is 15.2 Å². The van der Waals surface area contributed by atoms with Crippen molar-refractivity contribution in [1.82, 2.24) is 14.0 Å². The Kier molecular flexibility index (Phi) is 3.40. The minimum absolute atomic E-state index is 0.0458. The van der Waals surface area contributed by atoms with Gasteiger partial charge < -0.3 is 10.2 Å². The second-order valence-corrected chi connectivity index (χ2v) is 5.27. The largest absolute Gasteiger partial charge is 0.466 e. The number of allylic oxidation sites excluding steroid dienone is 1. The summed E-state index contributed by atoms with van der Waals surface area (Å²) in [5, 5.41) is 0. The highest BCUT2D eigenvalue weighted by atomic mass is 16.3. The number of amides is 1. The van der Waals surface area contributed by atoms with Gasteiger partial charge in [0.1, 0.15) is 17.2 Å². The Bertz CT molecular complexity index is 991. The number of primary amides is 1. The lowest BCUT2D eigenvalue weighted by molar-refractivity contribution is 0.0996. The maximum absolute atomic E-state index is 12.7. The van der Waals surface area contributed by atoms with E-state index >= 15 is 0 Å². The fourth-order valence-corrected chi connectivity index (χ4v) is 2.61. The Hall–Kier alpha value is -3.09. The molecular weight excluding hydrogens is 296 g/mol. The van der Waals surface area contributed by atoms with Crippen molar-refractivity contribution in [2.24, 2.45) is 5.73 Å². The number of aryl methyl sites for hydroxylation is 2. The number of rotatable bonds is 4. The SMILES string of the molecule is C=CCn1c(-c2cc(C)oc2C)cn2cc(C(N)=O)nc2c1=O. The van der Waals surface area contributed by atoms with Crippen LogP contribution >= 0.6 is 0 Å². The third kappa shape index (κ3) is 2.36. The first-order chi connectivity index (χ1) is 10.9. The molecule has 0 atom stereocenters. The molecule has 0 saturated carbocycles. The summed E-state index contributed by atoms with van der Waals surface area (Å²) < 4.78 is 8.61. The lowest BCUT2D eigenvalue weighted by Gasteiger charge is -2.11. The highest BCUT2D eigenvalue weighted by Gasteiger charge is 2.17. The monoisotopic (exact) mass is 312 g/mol. The molecule has 3 rings (SSSR count). The first kappa shape index (κ1) is 14.8. The van der Waals surface area contributed by atoms with Crippen molar-refractivity contribution in [3.05, 3.63) is 58.7 Å². The summed E-state index contributed by atoms with van der Waals surface area (Å²) >= 11 is 0. The van der Waals surface area contributed by atoms with Crippen LogP contribution in [0, 0.1) is 13.8 Å². The highest BCUT2D eigenvalue weighted by Crippen LogP contribution is 2.26. The van der Waals surface area contributed by atoms with Crippen LogP contribution in [0.25, 0.3) is 16.9 Å². The Morgan fingerprint density at radius 1 is 1.43 bits per heavy atom. The van der Waals surface area contributed by atoms with E-state index in [4.69, 9.17) is 10.2 Å². The molecule has 0 aromatic carbocycles. The fraction of sp³-hybridized carbons (Fsp3) is 0.188. The normalized spacial score (nSPS) is 11.0. The molecule has 3 heterocycles. The van der Waals surface area contributed by atoms with Gasteiger partial charge in [-0.3, -0.25) is 18.6 Å². The van der Waals surface area contributed by atoms with Gasteiger partial charge in [0.25, 0.3) is 11.5 Å². The Morgan fingerprint density at radius 3 is 2.74 bits per heavy atom. The van der Waals surface area contributed by atoms with E-state index in [2.05, 4.69) is 11.6 Å². The summed E-state index contributed by atoms with van der Waals surface area (Å²) in [5.41, 5.74) is 6.57. The van der Waals surface area contributed by atoms with E-state index in [-0.39, 0.29) is 16.9 Å². The molecule has 0 aliphatic heterocycles. The van der Waals surface area contributed by atoms with Crippen molar-refractivity contribution in [3.8, 4) is 11.3 Å². The summed E-state index contributed by atoms with van der Waals surface area (Å²) in [4.78, 5) is 28.0. The molecule has 0 spiro atoms. The van der Waals surface area contributed by atoms with Gasteiger partial charge in [-0.25, -0.2) is 4.98 Å². The number of nitrogens with two attached hydrogens (primary N) is 1. The van der Waals surface area contributed by atoms with E-state index in [1.807, 2.05) is 19.9 Å². The summed E-state index contributed by atoms with van der Waals surface area (Å²) in [6, 6.07) is 1.86. The van der Waals surface area contributed by atoms with Crippen molar-refractivity contribution in [1.29, 1.82) is 0 Å². The van der Waals surface area contributed by atoms with Crippen molar-refractivity contribution in [2.75, 3.05) is 0 Å². The van der Waals surface area contributed by atoms with Gasteiger partial charge in [-0.05, 0) is 19.9 Å². The lowest BCUT2D eigenvalue weighted by Crippen LogP contribution is -2.23. The van der Waals surface area contributed by atoms with Crippen molar-refractivity contribution >= 4 is 11.6 Å². The number of aromatic nitrogens is 3. The van der Waals surface area contributed by atoms with Gasteiger partial charge in [-0.15, -0.1) is 6.58 Å². The minimum Gasteiger partial charge on any atom is -0.466 e. The van der Waals surface area contributed by atoms with E-state index in [0.717, 1.165) is 11.3 Å². The molecule has 3 aromatic rings. The standard InChI is InChI=1S/C16H16N4O3/c1-4-5-20-13(11-6-9(2)23-10(11)3)8-19-7-12(14(17)21)18-15(19)16(20)22/h4,6-8H,1,5H2,2-3H3,(H2,17,21). The molecule has 0 aliphatic rings. The van der Waals surface area contributed by atoms with E-state index in [9.17, 15) is 9.59 Å². The average Bonchev–Trinajstić information content (AvgIpc) is 3.05. The van der Waals surface area contributed by atoms with Gasteiger partial charge >= 0.3 is 0 Å². The van der Waals surface area contributed by atoms with Crippen LogP contribution < -0.4 is 11.3 Å². The van der Waals surface area contributed by atoms with Crippen molar-refractivity contribution < 1.29 is 9.21 Å². The molecule has 7 heteroatoms. The number of nitrogens with zero attached hydrogens (tertiary/aromatic N) is 3. The summed E-state index contributed by atoms with van der Waals surface area (Å²) in [6.45, 7) is 7.67. The molecule has 7 nitrogen and oxygen atoms in total. The smallest absolute Gasteiger partial charge is 0.295 e. The van der Waals surface area contributed by atoms with Crippen molar-refractivity contribution in [3.63, 3.8) is 0 Å². The zero-order valence-electron chi connectivity index (χ0n) is 12.9. The molecule has 0 fully saturated rings. The van der Waals surface area contributed by atoms with Gasteiger partial charge in [0.05, 0.1) is 5.69 Å². The number of hydrogen-bond acceptors (Lipinski definition) is 4. The van der Waals surface area contributed by atoms with E-state index in [1.54, 1.807) is 12.3 Å². The van der Waals surface area contributed by atoms with Gasteiger partial charge in [0.15, 0.2) is 0 Å². The first-order valence-electron chi connectivity index (χ1n) is 7.03. The average molecular weight is 312 g/mol. The molecule has 0 radical (unpaired) electrons. The third-order valence-electron chi connectivity index (χ3n) is 3.60. The van der Waals surface area contributed by atoms with Crippen LogP contribution in [0.15, 0.2) is 40.3 Å². The number of carbonyl (C=O) groups is 1. The molecule has 23 heavy (non-hydrogen) atoms. The number of imidazole rings is 1. The zero-order valence-corrected chi connectivity index (χ0v) is 12.9. The zero-order chi connectivity index (χ0) is 16.7. The fourth-order valence-electron chi connectivity index (χ4n) is 2.61. The van der Waals surface area contributed by atoms with Gasteiger partial charge in [-0.2, -0.15) is 0 Å². The topological polar surface area (TPSA) is 95.5 Å². The highest BCUT2D eigenvalue weighted by molar-refractivity contribution is 5.91. The van der Waals surface area contributed by atoms with Crippen LogP contribution in [0.4, 0.5) is 0 Å². The van der Waals surface area contributed by atoms with Crippen LogP contribution in [0.2, 0.25) is 0 Å². The number of furan rings is 1. The third-order valence-corrected chi connectivity index (χ3v) is 3.60. The molecule has 0 saturated heterocycles. The Morgan fingerprint density at radius 2 is 2.17 bits per heavy atom. The second-order valence-electron chi connectivity index (χ2n) is 5.27. The second kappa shape index (κ2) is 5.28. The van der Waals surface area contributed by atoms with E-state index < -0.39 is 5.91 Å². The summed E-state index contributed by atoms with van der Waals surface area (Å²) in [6.07, 6.45) is 4.81. The molecule has 118 valence electrons. The maximum atomic E-state index is 12.7. The van der Waals surface area contributed by atoms with Crippen LogP contribution in [0.1, 0.15) is 22.0 Å². The number of carbonyl (C=O) groups excluding carboxylic acids is 1. The van der Waals surface area contributed by atoms with Crippen LogP contribution in [-0.4, -0.2) is 19.9 Å². The number of hydrogen-bond donors (Lipinski definition) is 1. The van der Waals surface area contributed by atoms with Gasteiger partial charge in [0, 0.05) is 24.5 Å². The molecule has 2 N–H and O–H groups in total. The summed E-state index contributed by atoms with van der Waals surface area (Å²) in [7, 11) is 0. The van der Waals surface area contributed by atoms with E-state index in [0.29, 0.717) is 18.0 Å². The molecule has 0 bridgehead atoms. The van der Waals surface area contributed by atoms with Crippen LogP contribution in [-0.2, 0) is 6.54 Å². The molecule has 0 unspecified atom stereocenters. The maximum Gasteiger partial charge on any atom is 0.295 e. The predicted octanol–water partition coefficient (Wildman–Crippen LogP) is 1.66. The predicted molar refractivity (Wildman–Crippen MR) is 85.3 cm³/mol. The first-order valence-corrected chi connectivity index (χ1v) is 7.03. The molecule has 0 aliphatic carbocycles. The number of fused-ring (bicyclic) bond motifs is 1. The molecule has 3 aromatic heterocycles. The van der Waals surface area contributed by atoms with Crippen LogP contribution in [0.5, 0.6) is 0 Å². The minimum atomic E-state index is -0.680. The Balaban J connectivity index is 2.37. The lowest BCUT2D eigenvalue weighted by atomic mass is 10.2. The quantitative estimate of drug-likeness (QED) is 0.741. The van der Waals surface area contributed by atoms with Gasteiger partial charge in [0.2, 0.25) is 5.65 Å².